The molecule has 3 rings (SSSR count). The molecule has 24 heavy (non-hydrogen) atoms. The third-order valence-corrected chi connectivity index (χ3v) is 4.74. The summed E-state index contributed by atoms with van der Waals surface area (Å²) in [6.07, 6.45) is -2.69. The van der Waals surface area contributed by atoms with Gasteiger partial charge in [-0.25, -0.2) is 4.98 Å². The van der Waals surface area contributed by atoms with E-state index in [0.29, 0.717) is 10.6 Å². The van der Waals surface area contributed by atoms with Crippen LogP contribution in [0.1, 0.15) is 28.9 Å². The normalized spacial score (nSPS) is 16.1. The second-order valence-electron chi connectivity index (χ2n) is 5.61. The van der Waals surface area contributed by atoms with Crippen molar-refractivity contribution in [2.24, 2.45) is 0 Å². The van der Waals surface area contributed by atoms with Crippen molar-refractivity contribution < 1.29 is 18.0 Å². The Labute approximate surface area is 141 Å². The first-order valence-electron chi connectivity index (χ1n) is 7.58. The molecule has 0 spiro atoms. The standard InChI is InChI=1S/C16H16F3N3OS/c17-16(18,19)11-3-1-2-10(8-11)15-22-13(9-24-15)14(23)21-12-4-6-20-7-5-12/h1-3,8-9,12,20H,4-7H2,(H,21,23). The molecule has 1 aliphatic heterocycles. The van der Waals surface area contributed by atoms with E-state index in [9.17, 15) is 18.0 Å². The number of rotatable bonds is 3. The molecule has 8 heteroatoms. The summed E-state index contributed by atoms with van der Waals surface area (Å²) >= 11 is 1.16. The van der Waals surface area contributed by atoms with E-state index in [1.54, 1.807) is 11.4 Å². The van der Waals surface area contributed by atoms with Crippen LogP contribution in [0.25, 0.3) is 10.6 Å². The fraction of sp³-hybridized carbons (Fsp3) is 0.375. The average Bonchev–Trinajstić information content (AvgIpc) is 3.05. The van der Waals surface area contributed by atoms with Crippen LogP contribution in [0.2, 0.25) is 0 Å². The molecule has 0 atom stereocenters. The van der Waals surface area contributed by atoms with Gasteiger partial charge in [-0.3, -0.25) is 4.79 Å². The Balaban J connectivity index is 1.74. The number of alkyl halides is 3. The van der Waals surface area contributed by atoms with E-state index in [2.05, 4.69) is 15.6 Å². The monoisotopic (exact) mass is 355 g/mol. The predicted octanol–water partition coefficient (Wildman–Crippen LogP) is 3.31. The highest BCUT2D eigenvalue weighted by Crippen LogP contribution is 2.33. The van der Waals surface area contributed by atoms with Gasteiger partial charge >= 0.3 is 6.18 Å². The molecule has 0 saturated carbocycles. The van der Waals surface area contributed by atoms with Gasteiger partial charge < -0.3 is 10.6 Å². The number of benzene rings is 1. The first kappa shape index (κ1) is 16.9. The first-order valence-corrected chi connectivity index (χ1v) is 8.46. The van der Waals surface area contributed by atoms with Crippen molar-refractivity contribution in [2.75, 3.05) is 13.1 Å². The van der Waals surface area contributed by atoms with Gasteiger partial charge in [0.25, 0.3) is 5.91 Å². The Morgan fingerprint density at radius 1 is 1.29 bits per heavy atom. The van der Waals surface area contributed by atoms with Crippen molar-refractivity contribution in [3.05, 3.63) is 40.9 Å². The first-order chi connectivity index (χ1) is 11.4. The number of nitrogens with one attached hydrogen (secondary N) is 2. The minimum Gasteiger partial charge on any atom is -0.348 e. The number of nitrogens with zero attached hydrogens (tertiary/aromatic N) is 1. The van der Waals surface area contributed by atoms with Crippen LogP contribution in [0.3, 0.4) is 0 Å². The zero-order chi connectivity index (χ0) is 17.2. The summed E-state index contributed by atoms with van der Waals surface area (Å²) in [5, 5.41) is 8.11. The summed E-state index contributed by atoms with van der Waals surface area (Å²) in [5.41, 5.74) is -0.127. The molecular formula is C16H16F3N3OS. The van der Waals surface area contributed by atoms with Gasteiger partial charge in [0.15, 0.2) is 0 Å². The van der Waals surface area contributed by atoms with Crippen LogP contribution < -0.4 is 10.6 Å². The van der Waals surface area contributed by atoms with Gasteiger partial charge in [0, 0.05) is 17.0 Å². The lowest BCUT2D eigenvalue weighted by atomic mass is 10.1. The number of halogens is 3. The maximum Gasteiger partial charge on any atom is 0.416 e. The van der Waals surface area contributed by atoms with Crippen LogP contribution in [-0.4, -0.2) is 30.0 Å². The average molecular weight is 355 g/mol. The summed E-state index contributed by atoms with van der Waals surface area (Å²) in [4.78, 5) is 16.4. The van der Waals surface area contributed by atoms with Gasteiger partial charge in [0.05, 0.1) is 5.56 Å². The largest absolute Gasteiger partial charge is 0.416 e. The molecule has 4 nitrogen and oxygen atoms in total. The second kappa shape index (κ2) is 6.90. The molecule has 1 saturated heterocycles. The van der Waals surface area contributed by atoms with Crippen LogP contribution in [0, 0.1) is 0 Å². The Morgan fingerprint density at radius 2 is 2.04 bits per heavy atom. The van der Waals surface area contributed by atoms with Crippen molar-refractivity contribution in [3.8, 4) is 10.6 Å². The Kier molecular flexibility index (Phi) is 4.86. The highest BCUT2D eigenvalue weighted by molar-refractivity contribution is 7.13. The Hall–Kier alpha value is -1.93. The molecule has 1 fully saturated rings. The van der Waals surface area contributed by atoms with E-state index in [-0.39, 0.29) is 17.6 Å². The maximum absolute atomic E-state index is 12.8. The minimum atomic E-state index is -4.40. The molecule has 1 aromatic heterocycles. The minimum absolute atomic E-state index is 0.109. The molecule has 2 heterocycles. The van der Waals surface area contributed by atoms with Crippen LogP contribution in [0.4, 0.5) is 13.2 Å². The van der Waals surface area contributed by atoms with Gasteiger partial charge in [-0.15, -0.1) is 11.3 Å². The zero-order valence-electron chi connectivity index (χ0n) is 12.7. The molecule has 1 aromatic carbocycles. The van der Waals surface area contributed by atoms with Crippen molar-refractivity contribution in [1.82, 2.24) is 15.6 Å². The molecular weight excluding hydrogens is 339 g/mol. The molecule has 0 radical (unpaired) electrons. The zero-order valence-corrected chi connectivity index (χ0v) is 13.5. The predicted molar refractivity (Wildman–Crippen MR) is 85.9 cm³/mol. The fourth-order valence-corrected chi connectivity index (χ4v) is 3.36. The number of amides is 1. The summed E-state index contributed by atoms with van der Waals surface area (Å²) in [7, 11) is 0. The van der Waals surface area contributed by atoms with E-state index in [1.807, 2.05) is 0 Å². The number of thiazole rings is 1. The van der Waals surface area contributed by atoms with E-state index in [0.717, 1.165) is 49.4 Å². The van der Waals surface area contributed by atoms with E-state index >= 15 is 0 Å². The lowest BCUT2D eigenvalue weighted by Gasteiger charge is -2.23. The molecule has 2 N–H and O–H groups in total. The Bertz CT molecular complexity index is 723. The van der Waals surface area contributed by atoms with Gasteiger partial charge in [0.1, 0.15) is 10.7 Å². The number of carbonyl (C=O) groups excluding carboxylic acids is 1. The van der Waals surface area contributed by atoms with Crippen molar-refractivity contribution in [1.29, 1.82) is 0 Å². The lowest BCUT2D eigenvalue weighted by Crippen LogP contribution is -2.42. The summed E-state index contributed by atoms with van der Waals surface area (Å²) in [6, 6.07) is 5.07. The van der Waals surface area contributed by atoms with E-state index in [4.69, 9.17) is 0 Å². The van der Waals surface area contributed by atoms with Gasteiger partial charge in [-0.2, -0.15) is 13.2 Å². The molecule has 0 bridgehead atoms. The highest BCUT2D eigenvalue weighted by Gasteiger charge is 2.30. The number of aromatic nitrogens is 1. The SMILES string of the molecule is O=C(NC1CCNCC1)c1csc(-c2cccc(C(F)(F)F)c2)n1. The van der Waals surface area contributed by atoms with Crippen molar-refractivity contribution in [3.63, 3.8) is 0 Å². The van der Waals surface area contributed by atoms with Crippen molar-refractivity contribution in [2.45, 2.75) is 25.1 Å². The van der Waals surface area contributed by atoms with Crippen molar-refractivity contribution >= 4 is 17.2 Å². The van der Waals surface area contributed by atoms with Crippen LogP contribution in [-0.2, 0) is 6.18 Å². The summed E-state index contributed by atoms with van der Waals surface area (Å²) in [6.45, 7) is 1.72. The fourth-order valence-electron chi connectivity index (χ4n) is 2.56. The second-order valence-corrected chi connectivity index (χ2v) is 6.47. The number of piperidine rings is 1. The van der Waals surface area contributed by atoms with E-state index in [1.165, 1.54) is 6.07 Å². The molecule has 0 aliphatic carbocycles. The molecule has 2 aromatic rings. The molecule has 0 unspecified atom stereocenters. The van der Waals surface area contributed by atoms with Crippen LogP contribution in [0.15, 0.2) is 29.6 Å². The summed E-state index contributed by atoms with van der Waals surface area (Å²) in [5.74, 6) is -0.281. The number of hydrogen-bond donors (Lipinski definition) is 2. The quantitative estimate of drug-likeness (QED) is 0.888. The molecule has 128 valence electrons. The van der Waals surface area contributed by atoms with Crippen LogP contribution in [0.5, 0.6) is 0 Å². The van der Waals surface area contributed by atoms with Gasteiger partial charge in [0.2, 0.25) is 0 Å². The smallest absolute Gasteiger partial charge is 0.348 e. The topological polar surface area (TPSA) is 54.0 Å². The third-order valence-electron chi connectivity index (χ3n) is 3.85. The number of hydrogen-bond acceptors (Lipinski definition) is 4. The lowest BCUT2D eigenvalue weighted by molar-refractivity contribution is -0.137. The van der Waals surface area contributed by atoms with E-state index < -0.39 is 11.7 Å². The highest BCUT2D eigenvalue weighted by atomic mass is 32.1. The third kappa shape index (κ3) is 3.93. The Morgan fingerprint density at radius 3 is 2.75 bits per heavy atom. The van der Waals surface area contributed by atoms with Gasteiger partial charge in [-0.05, 0) is 38.1 Å². The summed E-state index contributed by atoms with van der Waals surface area (Å²) < 4.78 is 38.4. The molecule has 1 amide bonds. The molecule has 1 aliphatic rings. The maximum atomic E-state index is 12.8. The number of carbonyl (C=O) groups is 1. The van der Waals surface area contributed by atoms with Crippen LogP contribution >= 0.6 is 11.3 Å². The van der Waals surface area contributed by atoms with Gasteiger partial charge in [-0.1, -0.05) is 12.1 Å².